The molecule has 3 aliphatic rings. The molecule has 2 fully saturated rings. The lowest BCUT2D eigenvalue weighted by Crippen LogP contribution is -2.56. The molecule has 1 aromatic heterocycles. The standard InChI is InChI=1S/C22H28N4O3/c1-29-15-4-5-18-17(13-15)16-6-9-23-22(21(16)24-18)7-11-25(12-8-22)20(28)14-26-10-2-3-19(26)27/h4-5,13,23-24H,2-3,6-12,14H2,1H3. The van der Waals surface area contributed by atoms with Crippen LogP contribution in [0.25, 0.3) is 10.9 Å². The number of nitrogens with one attached hydrogen (secondary N) is 2. The molecular weight excluding hydrogens is 368 g/mol. The quantitative estimate of drug-likeness (QED) is 0.829. The van der Waals surface area contributed by atoms with Crippen LogP contribution in [0.5, 0.6) is 5.75 Å². The number of piperidine rings is 1. The molecule has 5 rings (SSSR count). The first-order chi connectivity index (χ1) is 14.1. The highest BCUT2D eigenvalue weighted by atomic mass is 16.5. The van der Waals surface area contributed by atoms with Gasteiger partial charge in [0.2, 0.25) is 11.8 Å². The minimum atomic E-state index is -0.111. The average Bonchev–Trinajstić information content (AvgIpc) is 3.32. The molecule has 4 heterocycles. The van der Waals surface area contributed by atoms with Gasteiger partial charge in [-0.1, -0.05) is 0 Å². The van der Waals surface area contributed by atoms with Crippen molar-refractivity contribution in [2.24, 2.45) is 0 Å². The predicted molar refractivity (Wildman–Crippen MR) is 110 cm³/mol. The average molecular weight is 396 g/mol. The smallest absolute Gasteiger partial charge is 0.242 e. The van der Waals surface area contributed by atoms with E-state index >= 15 is 0 Å². The fourth-order valence-electron chi connectivity index (χ4n) is 5.24. The van der Waals surface area contributed by atoms with Gasteiger partial charge in [-0.25, -0.2) is 0 Å². The SMILES string of the molecule is COc1ccc2[nH]c3c(c2c1)CCNC31CCN(C(=O)CN2CCCC2=O)CC1. The number of ether oxygens (including phenoxy) is 1. The first-order valence-electron chi connectivity index (χ1n) is 10.6. The summed E-state index contributed by atoms with van der Waals surface area (Å²) in [4.78, 5) is 31.8. The van der Waals surface area contributed by atoms with Gasteiger partial charge in [0.25, 0.3) is 0 Å². The molecule has 2 N–H and O–H groups in total. The van der Waals surface area contributed by atoms with Crippen molar-refractivity contribution in [3.63, 3.8) is 0 Å². The summed E-state index contributed by atoms with van der Waals surface area (Å²) in [7, 11) is 1.70. The third-order valence-corrected chi connectivity index (χ3v) is 6.90. The van der Waals surface area contributed by atoms with Crippen LogP contribution in [0.4, 0.5) is 0 Å². The Hall–Kier alpha value is -2.54. The number of carbonyl (C=O) groups is 2. The van der Waals surface area contributed by atoms with Crippen molar-refractivity contribution in [2.75, 3.05) is 39.8 Å². The summed E-state index contributed by atoms with van der Waals surface area (Å²) in [5, 5.41) is 5.00. The number of methoxy groups -OCH3 is 1. The fraction of sp³-hybridized carbons (Fsp3) is 0.545. The predicted octanol–water partition coefficient (Wildman–Crippen LogP) is 1.76. The molecule has 7 nitrogen and oxygen atoms in total. The maximum absolute atomic E-state index is 12.7. The minimum Gasteiger partial charge on any atom is -0.497 e. The largest absolute Gasteiger partial charge is 0.497 e. The van der Waals surface area contributed by atoms with Crippen LogP contribution in [0.2, 0.25) is 0 Å². The molecule has 2 amide bonds. The molecule has 0 aliphatic carbocycles. The monoisotopic (exact) mass is 396 g/mol. The van der Waals surface area contributed by atoms with Crippen LogP contribution in [0.1, 0.15) is 36.9 Å². The first-order valence-corrected chi connectivity index (χ1v) is 10.6. The number of aromatic amines is 1. The molecular formula is C22H28N4O3. The van der Waals surface area contributed by atoms with Crippen LogP contribution in [0.15, 0.2) is 18.2 Å². The molecule has 154 valence electrons. The number of amides is 2. The number of hydrogen-bond acceptors (Lipinski definition) is 4. The second-order valence-corrected chi connectivity index (χ2v) is 8.45. The van der Waals surface area contributed by atoms with Crippen LogP contribution in [-0.2, 0) is 21.5 Å². The molecule has 0 saturated carbocycles. The van der Waals surface area contributed by atoms with Crippen molar-refractivity contribution in [1.29, 1.82) is 0 Å². The summed E-state index contributed by atoms with van der Waals surface area (Å²) in [6.07, 6.45) is 4.19. The summed E-state index contributed by atoms with van der Waals surface area (Å²) >= 11 is 0. The Morgan fingerprint density at radius 1 is 1.21 bits per heavy atom. The summed E-state index contributed by atoms with van der Waals surface area (Å²) in [5.41, 5.74) is 3.68. The third-order valence-electron chi connectivity index (χ3n) is 6.90. The number of nitrogens with zero attached hydrogens (tertiary/aromatic N) is 2. The first kappa shape index (κ1) is 18.5. The van der Waals surface area contributed by atoms with Gasteiger partial charge in [0, 0.05) is 49.2 Å². The number of rotatable bonds is 3. The lowest BCUT2D eigenvalue weighted by atomic mass is 9.79. The van der Waals surface area contributed by atoms with Crippen LogP contribution in [-0.4, -0.2) is 66.4 Å². The molecule has 3 aliphatic heterocycles. The van der Waals surface area contributed by atoms with E-state index in [-0.39, 0.29) is 23.9 Å². The number of benzene rings is 1. The second-order valence-electron chi connectivity index (χ2n) is 8.45. The van der Waals surface area contributed by atoms with Gasteiger partial charge in [-0.2, -0.15) is 0 Å². The minimum absolute atomic E-state index is 0.0764. The van der Waals surface area contributed by atoms with E-state index in [0.29, 0.717) is 26.1 Å². The van der Waals surface area contributed by atoms with E-state index < -0.39 is 0 Å². The Morgan fingerprint density at radius 2 is 2.03 bits per heavy atom. The fourth-order valence-corrected chi connectivity index (χ4v) is 5.24. The van der Waals surface area contributed by atoms with Crippen LogP contribution >= 0.6 is 0 Å². The zero-order valence-corrected chi connectivity index (χ0v) is 16.9. The summed E-state index contributed by atoms with van der Waals surface area (Å²) in [6.45, 7) is 3.31. The van der Waals surface area contributed by atoms with E-state index in [0.717, 1.165) is 43.5 Å². The maximum Gasteiger partial charge on any atom is 0.242 e. The van der Waals surface area contributed by atoms with Gasteiger partial charge in [-0.15, -0.1) is 0 Å². The van der Waals surface area contributed by atoms with Gasteiger partial charge in [0.05, 0.1) is 19.2 Å². The lowest BCUT2D eigenvalue weighted by Gasteiger charge is -2.45. The highest BCUT2D eigenvalue weighted by molar-refractivity contribution is 5.87. The molecule has 2 saturated heterocycles. The Morgan fingerprint density at radius 3 is 2.76 bits per heavy atom. The molecule has 2 aromatic rings. The molecule has 1 aromatic carbocycles. The molecule has 0 bridgehead atoms. The van der Waals surface area contributed by atoms with Gasteiger partial charge >= 0.3 is 0 Å². The summed E-state index contributed by atoms with van der Waals surface area (Å²) < 4.78 is 5.42. The zero-order valence-electron chi connectivity index (χ0n) is 16.9. The molecule has 0 radical (unpaired) electrons. The molecule has 29 heavy (non-hydrogen) atoms. The summed E-state index contributed by atoms with van der Waals surface area (Å²) in [6, 6.07) is 6.20. The number of carbonyl (C=O) groups excluding carboxylic acids is 2. The topological polar surface area (TPSA) is 77.7 Å². The van der Waals surface area contributed by atoms with E-state index in [2.05, 4.69) is 22.4 Å². The van der Waals surface area contributed by atoms with Crippen molar-refractivity contribution in [2.45, 2.75) is 37.6 Å². The zero-order chi connectivity index (χ0) is 20.0. The van der Waals surface area contributed by atoms with Crippen molar-refractivity contribution in [3.8, 4) is 5.75 Å². The van der Waals surface area contributed by atoms with Crippen LogP contribution in [0.3, 0.4) is 0 Å². The number of likely N-dealkylation sites (tertiary alicyclic amines) is 2. The highest BCUT2D eigenvalue weighted by Gasteiger charge is 2.42. The van der Waals surface area contributed by atoms with E-state index in [9.17, 15) is 9.59 Å². The lowest BCUT2D eigenvalue weighted by molar-refractivity contribution is -0.139. The van der Waals surface area contributed by atoms with E-state index in [1.54, 1.807) is 12.0 Å². The van der Waals surface area contributed by atoms with E-state index in [1.807, 2.05) is 11.0 Å². The number of hydrogen-bond donors (Lipinski definition) is 2. The number of H-pyrrole nitrogens is 1. The van der Waals surface area contributed by atoms with Crippen LogP contribution in [0, 0.1) is 0 Å². The second kappa shape index (κ2) is 7.06. The van der Waals surface area contributed by atoms with Gasteiger partial charge in [-0.05, 0) is 49.4 Å². The maximum atomic E-state index is 12.7. The van der Waals surface area contributed by atoms with Gasteiger partial charge in [0.1, 0.15) is 5.75 Å². The van der Waals surface area contributed by atoms with Gasteiger partial charge in [0.15, 0.2) is 0 Å². The Bertz CT molecular complexity index is 958. The number of aromatic nitrogens is 1. The van der Waals surface area contributed by atoms with Crippen molar-refractivity contribution < 1.29 is 14.3 Å². The Kier molecular flexibility index (Phi) is 4.50. The normalized spacial score (nSPS) is 21.1. The van der Waals surface area contributed by atoms with Gasteiger partial charge < -0.3 is 24.8 Å². The molecule has 7 heteroatoms. The number of fused-ring (bicyclic) bond motifs is 4. The van der Waals surface area contributed by atoms with E-state index in [1.165, 1.54) is 16.6 Å². The molecule has 0 unspecified atom stereocenters. The Labute approximate surface area is 170 Å². The van der Waals surface area contributed by atoms with Gasteiger partial charge in [-0.3, -0.25) is 9.59 Å². The molecule has 1 spiro atoms. The van der Waals surface area contributed by atoms with Crippen molar-refractivity contribution in [3.05, 3.63) is 29.5 Å². The molecule has 0 atom stereocenters. The van der Waals surface area contributed by atoms with Crippen molar-refractivity contribution in [1.82, 2.24) is 20.1 Å². The van der Waals surface area contributed by atoms with Crippen molar-refractivity contribution >= 4 is 22.7 Å². The summed E-state index contributed by atoms with van der Waals surface area (Å²) in [5.74, 6) is 1.06. The highest BCUT2D eigenvalue weighted by Crippen LogP contribution is 2.40. The van der Waals surface area contributed by atoms with Crippen LogP contribution < -0.4 is 10.1 Å². The Balaban J connectivity index is 1.35. The van der Waals surface area contributed by atoms with E-state index in [4.69, 9.17) is 4.74 Å². The third kappa shape index (κ3) is 3.08.